The van der Waals surface area contributed by atoms with Crippen molar-refractivity contribution in [1.29, 1.82) is 0 Å². The minimum absolute atomic E-state index is 0.0218. The Balaban J connectivity index is 1.70. The number of benzene rings is 1. The van der Waals surface area contributed by atoms with Gasteiger partial charge in [-0.15, -0.1) is 11.8 Å². The molecule has 0 saturated heterocycles. The molecule has 1 aromatic heterocycles. The Morgan fingerprint density at radius 2 is 2.17 bits per heavy atom. The van der Waals surface area contributed by atoms with E-state index in [1.807, 2.05) is 6.92 Å². The van der Waals surface area contributed by atoms with Crippen LogP contribution in [0, 0.1) is 5.82 Å². The fourth-order valence-electron chi connectivity index (χ4n) is 2.37. The Morgan fingerprint density at radius 1 is 1.42 bits per heavy atom. The van der Waals surface area contributed by atoms with Gasteiger partial charge >= 0.3 is 0 Å². The third-order valence-electron chi connectivity index (χ3n) is 3.52. The number of hydrogen-bond donors (Lipinski definition) is 1. The molecule has 1 N–H and O–H groups in total. The highest BCUT2D eigenvalue weighted by atomic mass is 32.2. The van der Waals surface area contributed by atoms with Gasteiger partial charge < -0.3 is 5.32 Å². The second kappa shape index (κ2) is 7.40. The summed E-state index contributed by atoms with van der Waals surface area (Å²) < 4.78 is 14.5. The number of nitrogens with one attached hydrogen (secondary N) is 1. The second-order valence-corrected chi connectivity index (χ2v) is 7.21. The number of amides is 1. The van der Waals surface area contributed by atoms with Crippen LogP contribution in [-0.4, -0.2) is 27.0 Å². The number of anilines is 1. The van der Waals surface area contributed by atoms with Gasteiger partial charge in [-0.1, -0.05) is 11.8 Å². The number of halogens is 1. The molecular formula is C16H16FN3O2S2. The first kappa shape index (κ1) is 17.0. The molecule has 2 aromatic rings. The molecule has 0 spiro atoms. The summed E-state index contributed by atoms with van der Waals surface area (Å²) in [5, 5.41) is 3.27. The lowest BCUT2D eigenvalue weighted by Gasteiger charge is -2.11. The van der Waals surface area contributed by atoms with E-state index in [9.17, 15) is 14.0 Å². The summed E-state index contributed by atoms with van der Waals surface area (Å²) in [6, 6.07) is 5.59. The zero-order valence-corrected chi connectivity index (χ0v) is 14.7. The molecule has 3 rings (SSSR count). The fraction of sp³-hybridized carbons (Fsp3) is 0.312. The van der Waals surface area contributed by atoms with Crippen molar-refractivity contribution >= 4 is 35.1 Å². The van der Waals surface area contributed by atoms with Gasteiger partial charge in [0.05, 0.1) is 16.3 Å². The molecule has 0 atom stereocenters. The summed E-state index contributed by atoms with van der Waals surface area (Å²) in [7, 11) is 0. The lowest BCUT2D eigenvalue weighted by molar-refractivity contribution is -0.113. The van der Waals surface area contributed by atoms with Crippen molar-refractivity contribution in [3.8, 4) is 0 Å². The van der Waals surface area contributed by atoms with E-state index in [0.717, 1.165) is 22.8 Å². The van der Waals surface area contributed by atoms with Crippen molar-refractivity contribution in [2.75, 3.05) is 16.8 Å². The molecule has 0 radical (unpaired) electrons. The number of rotatable bonds is 5. The number of nitrogens with zero attached hydrogens (tertiary/aromatic N) is 2. The highest BCUT2D eigenvalue weighted by molar-refractivity contribution is 8.00. The number of carbonyl (C=O) groups is 1. The maximum Gasteiger partial charge on any atom is 0.268 e. The van der Waals surface area contributed by atoms with Gasteiger partial charge in [-0.05, 0) is 31.2 Å². The number of hydrogen-bond acceptors (Lipinski definition) is 5. The maximum atomic E-state index is 12.9. The van der Waals surface area contributed by atoms with E-state index in [1.54, 1.807) is 16.3 Å². The van der Waals surface area contributed by atoms with Crippen LogP contribution in [0.4, 0.5) is 10.1 Å². The minimum Gasteiger partial charge on any atom is -0.325 e. The average molecular weight is 365 g/mol. The Kier molecular flexibility index (Phi) is 5.25. The molecular weight excluding hydrogens is 349 g/mol. The van der Waals surface area contributed by atoms with Gasteiger partial charge in [0.15, 0.2) is 5.16 Å². The third-order valence-corrected chi connectivity index (χ3v) is 5.61. The van der Waals surface area contributed by atoms with Gasteiger partial charge in [-0.3, -0.25) is 14.2 Å². The maximum absolute atomic E-state index is 12.9. The number of thioether (sulfide) groups is 2. The summed E-state index contributed by atoms with van der Waals surface area (Å²) in [6.07, 6.45) is 0.787. The second-order valence-electron chi connectivity index (χ2n) is 5.16. The van der Waals surface area contributed by atoms with Crippen LogP contribution >= 0.6 is 23.5 Å². The van der Waals surface area contributed by atoms with Crippen molar-refractivity contribution in [1.82, 2.24) is 9.55 Å². The van der Waals surface area contributed by atoms with Gasteiger partial charge in [-0.2, -0.15) is 0 Å². The first-order chi connectivity index (χ1) is 11.6. The number of fused-ring (bicyclic) bond motifs is 1. The Bertz CT molecular complexity index is 821. The molecule has 1 aromatic carbocycles. The summed E-state index contributed by atoms with van der Waals surface area (Å²) in [5.41, 5.74) is 1.34. The molecule has 0 fully saturated rings. The molecule has 5 nitrogen and oxygen atoms in total. The molecule has 0 aliphatic carbocycles. The summed E-state index contributed by atoms with van der Waals surface area (Å²) in [6.45, 7) is 2.40. The van der Waals surface area contributed by atoms with E-state index >= 15 is 0 Å². The molecule has 8 heteroatoms. The molecule has 2 heterocycles. The van der Waals surface area contributed by atoms with Gasteiger partial charge in [0.1, 0.15) is 5.82 Å². The van der Waals surface area contributed by atoms with Crippen LogP contribution < -0.4 is 10.9 Å². The van der Waals surface area contributed by atoms with Gasteiger partial charge in [0.25, 0.3) is 5.56 Å². The van der Waals surface area contributed by atoms with Crippen molar-refractivity contribution in [2.45, 2.75) is 29.9 Å². The zero-order chi connectivity index (χ0) is 17.1. The van der Waals surface area contributed by atoms with Gasteiger partial charge in [-0.25, -0.2) is 9.37 Å². The summed E-state index contributed by atoms with van der Waals surface area (Å²) >= 11 is 2.78. The number of aryl methyl sites for hydroxylation is 1. The molecule has 0 bridgehead atoms. The monoisotopic (exact) mass is 365 g/mol. The average Bonchev–Trinajstić information content (AvgIpc) is 3.04. The van der Waals surface area contributed by atoms with E-state index in [1.165, 1.54) is 36.0 Å². The number of carbonyl (C=O) groups excluding carboxylic acids is 1. The van der Waals surface area contributed by atoms with E-state index < -0.39 is 0 Å². The zero-order valence-electron chi connectivity index (χ0n) is 13.0. The minimum atomic E-state index is -0.352. The van der Waals surface area contributed by atoms with Gasteiger partial charge in [0.2, 0.25) is 5.91 Å². The van der Waals surface area contributed by atoms with E-state index in [-0.39, 0.29) is 23.0 Å². The van der Waals surface area contributed by atoms with Crippen LogP contribution in [0.2, 0.25) is 0 Å². The van der Waals surface area contributed by atoms with Gasteiger partial charge in [0, 0.05) is 24.4 Å². The first-order valence-corrected chi connectivity index (χ1v) is 9.50. The van der Waals surface area contributed by atoms with Crippen LogP contribution in [0.15, 0.2) is 39.1 Å². The lowest BCUT2D eigenvalue weighted by atomic mass is 10.3. The Hall–Kier alpha value is -1.80. The molecule has 24 heavy (non-hydrogen) atoms. The Morgan fingerprint density at radius 3 is 2.88 bits per heavy atom. The normalized spacial score (nSPS) is 12.9. The SMILES string of the molecule is CCn1c(SCC(=O)Nc2ccc(F)cc2)nc2c(c1=O)SCC2. The molecule has 1 aliphatic rings. The van der Waals surface area contributed by atoms with E-state index in [2.05, 4.69) is 10.3 Å². The van der Waals surface area contributed by atoms with Crippen molar-refractivity contribution in [2.24, 2.45) is 0 Å². The predicted octanol–water partition coefficient (Wildman–Crippen LogP) is 2.78. The van der Waals surface area contributed by atoms with Crippen molar-refractivity contribution in [3.63, 3.8) is 0 Å². The molecule has 0 saturated carbocycles. The molecule has 126 valence electrons. The highest BCUT2D eigenvalue weighted by Gasteiger charge is 2.21. The van der Waals surface area contributed by atoms with Crippen molar-refractivity contribution in [3.05, 3.63) is 46.1 Å². The van der Waals surface area contributed by atoms with Crippen LogP contribution in [0.3, 0.4) is 0 Å². The lowest BCUT2D eigenvalue weighted by Crippen LogP contribution is -2.25. The predicted molar refractivity (Wildman–Crippen MR) is 94.4 cm³/mol. The summed E-state index contributed by atoms with van der Waals surface area (Å²) in [4.78, 5) is 29.8. The summed E-state index contributed by atoms with van der Waals surface area (Å²) in [5.74, 6) is 0.434. The van der Waals surface area contributed by atoms with E-state index in [4.69, 9.17) is 0 Å². The standard InChI is InChI=1S/C16H16FN3O2S2/c1-2-20-15(22)14-12(7-8-23-14)19-16(20)24-9-13(21)18-11-5-3-10(17)4-6-11/h3-6H,2,7-9H2,1H3,(H,18,21). The molecule has 0 unspecified atom stereocenters. The highest BCUT2D eigenvalue weighted by Crippen LogP contribution is 2.28. The largest absolute Gasteiger partial charge is 0.325 e. The molecule has 1 aliphatic heterocycles. The Labute approximate surface area is 147 Å². The number of aromatic nitrogens is 2. The first-order valence-electron chi connectivity index (χ1n) is 7.53. The van der Waals surface area contributed by atoms with Crippen LogP contribution in [0.5, 0.6) is 0 Å². The quantitative estimate of drug-likeness (QED) is 0.652. The van der Waals surface area contributed by atoms with Crippen molar-refractivity contribution < 1.29 is 9.18 Å². The smallest absolute Gasteiger partial charge is 0.268 e. The van der Waals surface area contributed by atoms with E-state index in [0.29, 0.717) is 17.4 Å². The topological polar surface area (TPSA) is 64.0 Å². The third kappa shape index (κ3) is 3.64. The van der Waals surface area contributed by atoms with Crippen LogP contribution in [0.25, 0.3) is 0 Å². The molecule has 1 amide bonds. The van der Waals surface area contributed by atoms with Crippen LogP contribution in [-0.2, 0) is 17.8 Å². The fourth-order valence-corrected chi connectivity index (χ4v) is 4.30. The van der Waals surface area contributed by atoms with Crippen LogP contribution in [0.1, 0.15) is 12.6 Å².